The van der Waals surface area contributed by atoms with Gasteiger partial charge < -0.3 is 19.6 Å². The summed E-state index contributed by atoms with van der Waals surface area (Å²) in [4.78, 5) is 44.4. The summed E-state index contributed by atoms with van der Waals surface area (Å²) in [5.41, 5.74) is 1.53. The van der Waals surface area contributed by atoms with Gasteiger partial charge in [0.1, 0.15) is 28.7 Å². The summed E-state index contributed by atoms with van der Waals surface area (Å²) >= 11 is 11.9. The van der Waals surface area contributed by atoms with Crippen molar-refractivity contribution in [2.45, 2.75) is 64.1 Å². The molecule has 0 aliphatic carbocycles. The van der Waals surface area contributed by atoms with E-state index in [4.69, 9.17) is 27.9 Å². The molecule has 3 rings (SSSR count). The van der Waals surface area contributed by atoms with Crippen molar-refractivity contribution in [1.82, 2.24) is 20.3 Å². The Kier molecular flexibility index (Phi) is 9.12. The van der Waals surface area contributed by atoms with Crippen LogP contribution in [-0.4, -0.2) is 67.7 Å². The molecule has 0 radical (unpaired) electrons. The molecule has 1 aromatic carbocycles. The first kappa shape index (κ1) is 29.5. The second-order valence-corrected chi connectivity index (χ2v) is 11.2. The normalized spacial score (nSPS) is 18.3. The van der Waals surface area contributed by atoms with Gasteiger partial charge in [-0.25, -0.2) is 15.3 Å². The summed E-state index contributed by atoms with van der Waals surface area (Å²) in [6.45, 7) is 7.55. The Morgan fingerprint density at radius 2 is 1.82 bits per heavy atom. The molecule has 10 nitrogen and oxygen atoms in total. The number of ether oxygens (including phenoxy) is 1. The lowest BCUT2D eigenvalue weighted by molar-refractivity contribution is -0.144. The highest BCUT2D eigenvalue weighted by molar-refractivity contribution is 6.32. The SMILES string of the molecule is CC1(c2ccc(OCc3cc(Cl)nc(Cl)c3)cc2)CCN(C(CCN(C(=O)O)C(C)(C)C)C(=O)NO)C1=O. The third-order valence-electron chi connectivity index (χ3n) is 6.76. The van der Waals surface area contributed by atoms with Crippen LogP contribution in [0, 0.1) is 0 Å². The Morgan fingerprint density at radius 1 is 1.21 bits per heavy atom. The third kappa shape index (κ3) is 6.67. The molecule has 3 amide bonds. The number of carbonyl (C=O) groups excluding carboxylic acids is 2. The molecular formula is C26H32Cl2N4O6. The van der Waals surface area contributed by atoms with Crippen LogP contribution in [0.15, 0.2) is 36.4 Å². The van der Waals surface area contributed by atoms with Crippen LogP contribution in [0.1, 0.15) is 51.7 Å². The topological polar surface area (TPSA) is 132 Å². The van der Waals surface area contributed by atoms with Gasteiger partial charge >= 0.3 is 6.09 Å². The van der Waals surface area contributed by atoms with Crippen molar-refractivity contribution in [3.05, 3.63) is 57.8 Å². The largest absolute Gasteiger partial charge is 0.489 e. The van der Waals surface area contributed by atoms with Gasteiger partial charge in [-0.2, -0.15) is 0 Å². The maximum Gasteiger partial charge on any atom is 0.407 e. The molecule has 0 spiro atoms. The lowest BCUT2D eigenvalue weighted by atomic mass is 9.81. The molecule has 1 fully saturated rings. The van der Waals surface area contributed by atoms with Crippen molar-refractivity contribution in [1.29, 1.82) is 0 Å². The number of benzene rings is 1. The predicted octanol–water partition coefficient (Wildman–Crippen LogP) is 4.50. The van der Waals surface area contributed by atoms with E-state index in [1.807, 2.05) is 0 Å². The van der Waals surface area contributed by atoms with Crippen molar-refractivity contribution in [3.8, 4) is 5.75 Å². The zero-order chi connectivity index (χ0) is 28.3. The highest BCUT2D eigenvalue weighted by Gasteiger charge is 2.48. The van der Waals surface area contributed by atoms with Gasteiger partial charge in [0.05, 0.1) is 5.41 Å². The minimum absolute atomic E-state index is 0.0113. The van der Waals surface area contributed by atoms with Crippen molar-refractivity contribution in [2.75, 3.05) is 13.1 Å². The molecular weight excluding hydrogens is 535 g/mol. The third-order valence-corrected chi connectivity index (χ3v) is 7.15. The number of hydroxylamine groups is 1. The van der Waals surface area contributed by atoms with Crippen molar-refractivity contribution in [2.24, 2.45) is 0 Å². The molecule has 38 heavy (non-hydrogen) atoms. The number of nitrogens with one attached hydrogen (secondary N) is 1. The first-order valence-electron chi connectivity index (χ1n) is 12.1. The number of carboxylic acid groups (broad SMARTS) is 1. The van der Waals surface area contributed by atoms with Crippen molar-refractivity contribution < 1.29 is 29.4 Å². The standard InChI is InChI=1S/C26H32Cl2N4O6/c1-25(2,3)32(24(35)36)11-9-19(22(33)30-37)31-12-10-26(4,23(31)34)17-5-7-18(8-6-17)38-15-16-13-20(27)29-21(28)14-16/h5-8,13-14,19,37H,9-12,15H2,1-4H3,(H,30,33)(H,35,36). The molecule has 1 aliphatic heterocycles. The van der Waals surface area contributed by atoms with Crippen LogP contribution in [0.25, 0.3) is 0 Å². The monoisotopic (exact) mass is 566 g/mol. The summed E-state index contributed by atoms with van der Waals surface area (Å²) in [5, 5.41) is 19.5. The Hall–Kier alpha value is -3.08. The van der Waals surface area contributed by atoms with Gasteiger partial charge in [-0.15, -0.1) is 0 Å². The lowest BCUT2D eigenvalue weighted by Gasteiger charge is -2.35. The van der Waals surface area contributed by atoms with Gasteiger partial charge in [-0.3, -0.25) is 14.8 Å². The minimum atomic E-state index is -1.13. The molecule has 3 N–H and O–H groups in total. The number of aromatic nitrogens is 1. The van der Waals surface area contributed by atoms with E-state index in [0.29, 0.717) is 12.2 Å². The summed E-state index contributed by atoms with van der Waals surface area (Å²) in [7, 11) is 0. The average molecular weight is 567 g/mol. The van der Waals surface area contributed by atoms with Crippen LogP contribution >= 0.6 is 23.2 Å². The van der Waals surface area contributed by atoms with Gasteiger partial charge in [-0.1, -0.05) is 35.3 Å². The van der Waals surface area contributed by atoms with Crippen LogP contribution in [-0.2, 0) is 21.6 Å². The van der Waals surface area contributed by atoms with Crippen LogP contribution in [0.3, 0.4) is 0 Å². The first-order chi connectivity index (χ1) is 17.8. The first-order valence-corrected chi connectivity index (χ1v) is 12.8. The number of carbonyl (C=O) groups is 3. The fourth-order valence-corrected chi connectivity index (χ4v) is 5.10. The fraction of sp³-hybridized carbons (Fsp3) is 0.462. The molecule has 12 heteroatoms. The summed E-state index contributed by atoms with van der Waals surface area (Å²) in [5.74, 6) is -0.461. The van der Waals surface area contributed by atoms with Crippen LogP contribution in [0.4, 0.5) is 4.79 Å². The zero-order valence-electron chi connectivity index (χ0n) is 21.7. The van der Waals surface area contributed by atoms with Crippen molar-refractivity contribution >= 4 is 41.1 Å². The second-order valence-electron chi connectivity index (χ2n) is 10.4. The number of pyridine rings is 1. The number of likely N-dealkylation sites (tertiary alicyclic amines) is 1. The Bertz CT molecular complexity index is 1170. The minimum Gasteiger partial charge on any atom is -0.489 e. The summed E-state index contributed by atoms with van der Waals surface area (Å²) in [6.07, 6.45) is -0.652. The van der Waals surface area contributed by atoms with E-state index in [0.717, 1.165) is 11.1 Å². The molecule has 0 saturated carbocycles. The van der Waals surface area contributed by atoms with Gasteiger partial charge in [-0.05, 0) is 75.9 Å². The predicted molar refractivity (Wildman–Crippen MR) is 142 cm³/mol. The van der Waals surface area contributed by atoms with Crippen LogP contribution in [0.5, 0.6) is 5.75 Å². The number of halogens is 2. The van der Waals surface area contributed by atoms with E-state index in [1.54, 1.807) is 69.6 Å². The number of hydrogen-bond acceptors (Lipinski definition) is 6. The van der Waals surface area contributed by atoms with E-state index in [1.165, 1.54) is 9.80 Å². The van der Waals surface area contributed by atoms with Gasteiger partial charge in [0.15, 0.2) is 0 Å². The average Bonchev–Trinajstić information content (AvgIpc) is 3.13. The number of hydrogen-bond donors (Lipinski definition) is 3. The van der Waals surface area contributed by atoms with E-state index in [-0.39, 0.29) is 42.3 Å². The van der Waals surface area contributed by atoms with E-state index < -0.39 is 29.0 Å². The van der Waals surface area contributed by atoms with Crippen LogP contribution < -0.4 is 10.2 Å². The van der Waals surface area contributed by atoms with Gasteiger partial charge in [0.25, 0.3) is 5.91 Å². The number of rotatable bonds is 9. The highest BCUT2D eigenvalue weighted by atomic mass is 35.5. The lowest BCUT2D eigenvalue weighted by Crippen LogP contribution is -2.52. The molecule has 206 valence electrons. The fourth-order valence-electron chi connectivity index (χ4n) is 4.59. The maximum atomic E-state index is 13.6. The number of amides is 3. The zero-order valence-corrected chi connectivity index (χ0v) is 23.2. The highest BCUT2D eigenvalue weighted by Crippen LogP contribution is 2.38. The Balaban J connectivity index is 1.72. The number of nitrogens with zero attached hydrogens (tertiary/aromatic N) is 3. The van der Waals surface area contributed by atoms with E-state index in [2.05, 4.69) is 4.98 Å². The maximum absolute atomic E-state index is 13.6. The molecule has 0 bridgehead atoms. The Labute approximate surface area is 231 Å². The quantitative estimate of drug-likeness (QED) is 0.231. The van der Waals surface area contributed by atoms with E-state index >= 15 is 0 Å². The second kappa shape index (κ2) is 11.8. The molecule has 2 aromatic rings. The van der Waals surface area contributed by atoms with Gasteiger partial charge in [0.2, 0.25) is 5.91 Å². The Morgan fingerprint density at radius 3 is 2.34 bits per heavy atom. The molecule has 1 aromatic heterocycles. The summed E-state index contributed by atoms with van der Waals surface area (Å²) in [6, 6.07) is 9.40. The summed E-state index contributed by atoms with van der Waals surface area (Å²) < 4.78 is 5.81. The van der Waals surface area contributed by atoms with Crippen LogP contribution in [0.2, 0.25) is 10.3 Å². The van der Waals surface area contributed by atoms with Gasteiger partial charge in [0, 0.05) is 18.6 Å². The molecule has 2 unspecified atom stereocenters. The molecule has 2 heterocycles. The smallest absolute Gasteiger partial charge is 0.407 e. The molecule has 1 aliphatic rings. The van der Waals surface area contributed by atoms with E-state index in [9.17, 15) is 24.7 Å². The molecule has 2 atom stereocenters. The van der Waals surface area contributed by atoms with Crippen molar-refractivity contribution in [3.63, 3.8) is 0 Å². The molecule has 1 saturated heterocycles.